The number of hydrogen-bond acceptors (Lipinski definition) is 7. The lowest BCUT2D eigenvalue weighted by Crippen LogP contribution is -2.27. The maximum Gasteiger partial charge on any atom is 0.417 e. The molecule has 0 unspecified atom stereocenters. The maximum absolute atomic E-state index is 13.5. The van der Waals surface area contributed by atoms with Crippen molar-refractivity contribution in [3.05, 3.63) is 53.5 Å². The molecule has 1 aromatic heterocycles. The third kappa shape index (κ3) is 5.42. The molecule has 0 atom stereocenters. The number of rotatable bonds is 8. The zero-order valence-electron chi connectivity index (χ0n) is 19.1. The van der Waals surface area contributed by atoms with Crippen molar-refractivity contribution in [3.8, 4) is 22.6 Å². The zero-order valence-corrected chi connectivity index (χ0v) is 19.1. The summed E-state index contributed by atoms with van der Waals surface area (Å²) >= 11 is 0. The Kier molecular flexibility index (Phi) is 6.89. The minimum Gasteiger partial charge on any atom is -0.383 e. The number of likely N-dealkylation sites (N-methyl/N-ethyl adjacent to an activating group) is 1. The van der Waals surface area contributed by atoms with E-state index in [0.717, 1.165) is 6.07 Å². The third-order valence-electron chi connectivity index (χ3n) is 5.34. The van der Waals surface area contributed by atoms with Crippen LogP contribution < -0.4 is 4.90 Å². The monoisotopic (exact) mass is 514 g/mol. The van der Waals surface area contributed by atoms with Crippen LogP contribution in [0.3, 0.4) is 0 Å². The van der Waals surface area contributed by atoms with E-state index in [4.69, 9.17) is 9.26 Å². The van der Waals surface area contributed by atoms with E-state index in [0.29, 0.717) is 43.1 Å². The van der Waals surface area contributed by atoms with Gasteiger partial charge in [0.25, 0.3) is 0 Å². The summed E-state index contributed by atoms with van der Waals surface area (Å²) in [5, 5.41) is 7.85. The number of imidazole rings is 1. The van der Waals surface area contributed by atoms with Crippen LogP contribution in [0.1, 0.15) is 23.8 Å². The molecular formula is C22H20F6N6O2. The van der Waals surface area contributed by atoms with Gasteiger partial charge in [-0.15, -0.1) is 0 Å². The van der Waals surface area contributed by atoms with Gasteiger partial charge in [0.05, 0.1) is 30.1 Å². The smallest absolute Gasteiger partial charge is 0.383 e. The van der Waals surface area contributed by atoms with Gasteiger partial charge in [-0.2, -0.15) is 31.4 Å². The highest BCUT2D eigenvalue weighted by Gasteiger charge is 2.39. The molecule has 192 valence electrons. The summed E-state index contributed by atoms with van der Waals surface area (Å²) in [6.07, 6.45) is -6.86. The van der Waals surface area contributed by atoms with Gasteiger partial charge in [-0.25, -0.2) is 9.97 Å². The maximum atomic E-state index is 13.5. The van der Waals surface area contributed by atoms with Crippen LogP contribution in [0.5, 0.6) is 0 Å². The van der Waals surface area contributed by atoms with Crippen molar-refractivity contribution in [2.75, 3.05) is 31.7 Å². The van der Waals surface area contributed by atoms with Crippen molar-refractivity contribution >= 4 is 5.95 Å². The Hall–Kier alpha value is -3.68. The lowest BCUT2D eigenvalue weighted by molar-refractivity contribution is -0.142. The highest BCUT2D eigenvalue weighted by molar-refractivity contribution is 5.65. The number of methoxy groups -OCH3 is 1. The largest absolute Gasteiger partial charge is 0.417 e. The van der Waals surface area contributed by atoms with Gasteiger partial charge in [-0.05, 0) is 19.1 Å². The lowest BCUT2D eigenvalue weighted by Gasteiger charge is -2.17. The zero-order chi connectivity index (χ0) is 26.1. The summed E-state index contributed by atoms with van der Waals surface area (Å²) in [5.41, 5.74) is -2.55. The average molecular weight is 514 g/mol. The van der Waals surface area contributed by atoms with Crippen molar-refractivity contribution in [1.29, 1.82) is 0 Å². The highest BCUT2D eigenvalue weighted by Crippen LogP contribution is 2.40. The van der Waals surface area contributed by atoms with Gasteiger partial charge >= 0.3 is 12.4 Å². The molecule has 0 spiro atoms. The minimum atomic E-state index is -5.03. The number of alkyl halides is 6. The average Bonchev–Trinajstić information content (AvgIpc) is 3.45. The molecule has 0 saturated heterocycles. The molecule has 0 N–H and O–H groups in total. The van der Waals surface area contributed by atoms with Crippen LogP contribution in [-0.4, -0.2) is 51.7 Å². The predicted molar refractivity (Wildman–Crippen MR) is 115 cm³/mol. The number of fused-ring (bicyclic) bond motifs is 1. The first-order chi connectivity index (χ1) is 17.0. The number of nitrogens with zero attached hydrogens (tertiary/aromatic N) is 6. The van der Waals surface area contributed by atoms with Gasteiger partial charge in [0.1, 0.15) is 23.6 Å². The number of ether oxygens (including phenoxy) is 1. The van der Waals surface area contributed by atoms with E-state index in [1.54, 1.807) is 13.3 Å². The van der Waals surface area contributed by atoms with Crippen LogP contribution in [0.4, 0.5) is 32.3 Å². The first kappa shape index (κ1) is 25.4. The molecule has 0 amide bonds. The number of aromatic nitrogens is 5. The van der Waals surface area contributed by atoms with E-state index in [1.807, 2.05) is 11.8 Å². The third-order valence-corrected chi connectivity index (χ3v) is 5.34. The Morgan fingerprint density at radius 1 is 1.00 bits per heavy atom. The molecule has 1 aromatic carbocycles. The Morgan fingerprint density at radius 3 is 2.42 bits per heavy atom. The first-order valence-electron chi connectivity index (χ1n) is 10.7. The van der Waals surface area contributed by atoms with Crippen LogP contribution in [0.25, 0.3) is 22.6 Å². The minimum absolute atomic E-state index is 0.00567. The fourth-order valence-corrected chi connectivity index (χ4v) is 3.53. The number of benzene rings is 1. The van der Waals surface area contributed by atoms with Gasteiger partial charge in [-0.1, -0.05) is 11.2 Å². The van der Waals surface area contributed by atoms with Gasteiger partial charge in [-0.3, -0.25) is 4.68 Å². The quantitative estimate of drug-likeness (QED) is 0.307. The summed E-state index contributed by atoms with van der Waals surface area (Å²) in [4.78, 5) is 10.9. The fourth-order valence-electron chi connectivity index (χ4n) is 3.53. The van der Waals surface area contributed by atoms with Crippen molar-refractivity contribution in [2.45, 2.75) is 25.8 Å². The molecular weight excluding hydrogens is 494 g/mol. The number of hydrogen-bond donors (Lipinski definition) is 0. The standard InChI is InChI=1S/C22H20F6N6O2/c1-3-33(6-7-35-2)20-30-18-10-29-34(12-19(18)31-20)11-14-9-17(32-36-14)15-5-4-13(21(23,24)25)8-16(15)22(26,27)28/h4-5,8-10,12H,3,6-7,11H2,1-2H3. The highest BCUT2D eigenvalue weighted by atomic mass is 19.4. The van der Waals surface area contributed by atoms with E-state index in [2.05, 4.69) is 20.2 Å². The number of anilines is 1. The molecule has 2 aliphatic heterocycles. The van der Waals surface area contributed by atoms with Gasteiger partial charge in [0, 0.05) is 31.8 Å². The summed E-state index contributed by atoms with van der Waals surface area (Å²) in [7, 11) is 1.60. The van der Waals surface area contributed by atoms with E-state index in [9.17, 15) is 26.3 Å². The van der Waals surface area contributed by atoms with Crippen LogP contribution in [-0.2, 0) is 23.6 Å². The van der Waals surface area contributed by atoms with Crippen LogP contribution in [0, 0.1) is 0 Å². The van der Waals surface area contributed by atoms with Crippen molar-refractivity contribution in [2.24, 2.45) is 0 Å². The molecule has 14 heteroatoms. The molecule has 0 saturated carbocycles. The molecule has 0 aliphatic carbocycles. The van der Waals surface area contributed by atoms with Gasteiger partial charge < -0.3 is 14.2 Å². The predicted octanol–water partition coefficient (Wildman–Crippen LogP) is 4.99. The van der Waals surface area contributed by atoms with E-state index in [1.165, 1.54) is 16.9 Å². The van der Waals surface area contributed by atoms with Crippen LogP contribution in [0.15, 0.2) is 41.2 Å². The summed E-state index contributed by atoms with van der Waals surface area (Å²) < 4.78 is 91.0. The lowest BCUT2D eigenvalue weighted by atomic mass is 10.0. The molecule has 2 aromatic rings. The molecule has 0 fully saturated rings. The van der Waals surface area contributed by atoms with Gasteiger partial charge in [0.2, 0.25) is 5.95 Å². The van der Waals surface area contributed by atoms with Crippen molar-refractivity contribution in [3.63, 3.8) is 0 Å². The Morgan fingerprint density at radius 2 is 1.75 bits per heavy atom. The summed E-state index contributed by atoms with van der Waals surface area (Å²) in [5.74, 6) is 0.651. The van der Waals surface area contributed by atoms with E-state index in [-0.39, 0.29) is 24.1 Å². The molecule has 0 bridgehead atoms. The molecule has 4 rings (SSSR count). The Labute approximate surface area is 200 Å². The van der Waals surface area contributed by atoms with Crippen molar-refractivity contribution < 1.29 is 35.6 Å². The summed E-state index contributed by atoms with van der Waals surface area (Å²) in [6, 6.07) is 2.59. The number of halogens is 6. The second-order valence-electron chi connectivity index (χ2n) is 7.77. The summed E-state index contributed by atoms with van der Waals surface area (Å²) in [6.45, 7) is 3.71. The first-order valence-corrected chi connectivity index (χ1v) is 10.7. The molecule has 3 heterocycles. The Bertz CT molecular complexity index is 1300. The fraction of sp³-hybridized carbons (Fsp3) is 0.364. The topological polar surface area (TPSA) is 82.1 Å². The molecule has 2 aliphatic rings. The molecule has 8 nitrogen and oxygen atoms in total. The SMILES string of the molecule is CCN(CCOC)c1nc2cnn(Cc3cc(-c4ccc(C(F)(F)F)cc4C(F)(F)F)no3)cc-2n1. The molecule has 36 heavy (non-hydrogen) atoms. The second kappa shape index (κ2) is 9.76. The van der Waals surface area contributed by atoms with E-state index < -0.39 is 29.0 Å². The van der Waals surface area contributed by atoms with Crippen molar-refractivity contribution in [1.82, 2.24) is 24.9 Å². The van der Waals surface area contributed by atoms with Crippen LogP contribution >= 0.6 is 0 Å². The van der Waals surface area contributed by atoms with E-state index >= 15 is 0 Å². The normalized spacial score (nSPS) is 12.4. The molecule has 0 radical (unpaired) electrons. The van der Waals surface area contributed by atoms with Crippen LogP contribution in [0.2, 0.25) is 0 Å². The van der Waals surface area contributed by atoms with Gasteiger partial charge in [0.15, 0.2) is 5.76 Å². The Balaban J connectivity index is 1.59. The second-order valence-corrected chi connectivity index (χ2v) is 7.77.